The number of amides is 1. The number of hydrogen-bond donors (Lipinski definition) is 2. The second kappa shape index (κ2) is 5.12. The van der Waals surface area contributed by atoms with Gasteiger partial charge in [-0.3, -0.25) is 4.79 Å². The Kier molecular flexibility index (Phi) is 3.78. The Bertz CT molecular complexity index is 260. The molecule has 3 N–H and O–H groups in total. The van der Waals surface area contributed by atoms with Crippen LogP contribution in [0.15, 0.2) is 0 Å². The largest absolute Gasteiger partial charge is 0.391 e. The first-order chi connectivity index (χ1) is 7.70. The molecule has 2 unspecified atom stereocenters. The number of carbonyl (C=O) groups is 1. The zero-order valence-electron chi connectivity index (χ0n) is 9.47. The van der Waals surface area contributed by atoms with Crippen LogP contribution in [0.3, 0.4) is 0 Å². The molecule has 0 bridgehead atoms. The van der Waals surface area contributed by atoms with Gasteiger partial charge in [0.25, 0.3) is 5.91 Å². The molecule has 0 radical (unpaired) electrons. The molecule has 2 heterocycles. The van der Waals surface area contributed by atoms with Crippen molar-refractivity contribution in [3.8, 4) is 0 Å². The minimum atomic E-state index is -0.371. The number of aliphatic hydroxyl groups excluding tert-OH is 1. The third-order valence-electron chi connectivity index (χ3n) is 3.35. The summed E-state index contributed by atoms with van der Waals surface area (Å²) in [6, 6.07) is 0. The standard InChI is InChI=1S/C11H20N2O3/c12-6-9-3-4-10(16-9)11(15)13-5-1-2-8(14)7-13/h8-10,14H,1-7,12H2/t8-,9?,10?/m0/s1. The van der Waals surface area contributed by atoms with Crippen molar-refractivity contribution in [3.63, 3.8) is 0 Å². The molecule has 5 heteroatoms. The molecule has 5 nitrogen and oxygen atoms in total. The minimum absolute atomic E-state index is 0.0229. The van der Waals surface area contributed by atoms with Crippen LogP contribution in [-0.2, 0) is 9.53 Å². The van der Waals surface area contributed by atoms with Crippen molar-refractivity contribution >= 4 is 5.91 Å². The van der Waals surface area contributed by atoms with Gasteiger partial charge in [0.05, 0.1) is 12.2 Å². The minimum Gasteiger partial charge on any atom is -0.391 e. The van der Waals surface area contributed by atoms with Crippen LogP contribution in [0.5, 0.6) is 0 Å². The van der Waals surface area contributed by atoms with E-state index in [-0.39, 0.29) is 24.2 Å². The van der Waals surface area contributed by atoms with Gasteiger partial charge in [-0.05, 0) is 25.7 Å². The Morgan fingerprint density at radius 2 is 2.25 bits per heavy atom. The van der Waals surface area contributed by atoms with Crippen molar-refractivity contribution in [1.29, 1.82) is 0 Å². The number of nitrogens with zero attached hydrogens (tertiary/aromatic N) is 1. The molecule has 1 amide bonds. The van der Waals surface area contributed by atoms with E-state index >= 15 is 0 Å². The highest BCUT2D eigenvalue weighted by molar-refractivity contribution is 5.81. The summed E-state index contributed by atoms with van der Waals surface area (Å²) < 4.78 is 5.56. The van der Waals surface area contributed by atoms with E-state index in [0.717, 1.165) is 32.2 Å². The average molecular weight is 228 g/mol. The molecule has 0 saturated carbocycles. The molecule has 2 fully saturated rings. The van der Waals surface area contributed by atoms with Crippen molar-refractivity contribution in [2.75, 3.05) is 19.6 Å². The molecule has 2 aliphatic heterocycles. The smallest absolute Gasteiger partial charge is 0.251 e. The summed E-state index contributed by atoms with van der Waals surface area (Å²) in [6.07, 6.45) is 2.61. The van der Waals surface area contributed by atoms with E-state index in [4.69, 9.17) is 10.5 Å². The molecule has 0 aromatic heterocycles. The highest BCUT2D eigenvalue weighted by Gasteiger charge is 2.34. The number of β-amino-alcohol motifs (C(OH)–C–C–N with tert-alkyl or cyclic N) is 1. The Morgan fingerprint density at radius 1 is 1.44 bits per heavy atom. The van der Waals surface area contributed by atoms with Crippen LogP contribution in [0.1, 0.15) is 25.7 Å². The molecule has 0 aromatic rings. The third-order valence-corrected chi connectivity index (χ3v) is 3.35. The van der Waals surface area contributed by atoms with Crippen LogP contribution in [0, 0.1) is 0 Å². The number of aliphatic hydroxyl groups is 1. The van der Waals surface area contributed by atoms with Gasteiger partial charge >= 0.3 is 0 Å². The van der Waals surface area contributed by atoms with Crippen molar-refractivity contribution < 1.29 is 14.6 Å². The maximum atomic E-state index is 12.1. The molecule has 16 heavy (non-hydrogen) atoms. The average Bonchev–Trinajstić information content (AvgIpc) is 2.76. The monoisotopic (exact) mass is 228 g/mol. The van der Waals surface area contributed by atoms with Gasteiger partial charge in [0.2, 0.25) is 0 Å². The van der Waals surface area contributed by atoms with E-state index in [9.17, 15) is 9.90 Å². The lowest BCUT2D eigenvalue weighted by Gasteiger charge is -2.31. The summed E-state index contributed by atoms with van der Waals surface area (Å²) in [4.78, 5) is 13.8. The Morgan fingerprint density at radius 3 is 2.88 bits per heavy atom. The first-order valence-electron chi connectivity index (χ1n) is 6.03. The fraction of sp³-hybridized carbons (Fsp3) is 0.909. The molecular weight excluding hydrogens is 208 g/mol. The zero-order valence-corrected chi connectivity index (χ0v) is 9.47. The van der Waals surface area contributed by atoms with Crippen LogP contribution in [0.4, 0.5) is 0 Å². The maximum Gasteiger partial charge on any atom is 0.251 e. The topological polar surface area (TPSA) is 75.8 Å². The van der Waals surface area contributed by atoms with Gasteiger partial charge in [-0.15, -0.1) is 0 Å². The summed E-state index contributed by atoms with van der Waals surface area (Å²) >= 11 is 0. The van der Waals surface area contributed by atoms with E-state index in [1.807, 2.05) is 0 Å². The van der Waals surface area contributed by atoms with Gasteiger partial charge in [-0.2, -0.15) is 0 Å². The molecule has 3 atom stereocenters. The van der Waals surface area contributed by atoms with E-state index in [1.54, 1.807) is 4.90 Å². The number of piperidine rings is 1. The van der Waals surface area contributed by atoms with Crippen LogP contribution < -0.4 is 5.73 Å². The number of hydrogen-bond acceptors (Lipinski definition) is 4. The summed E-state index contributed by atoms with van der Waals surface area (Å²) in [5, 5.41) is 9.51. The van der Waals surface area contributed by atoms with Crippen molar-refractivity contribution in [2.24, 2.45) is 5.73 Å². The zero-order chi connectivity index (χ0) is 11.5. The predicted molar refractivity (Wildman–Crippen MR) is 58.8 cm³/mol. The van der Waals surface area contributed by atoms with Gasteiger partial charge in [-0.1, -0.05) is 0 Å². The van der Waals surface area contributed by atoms with Crippen LogP contribution in [0.2, 0.25) is 0 Å². The summed E-state index contributed by atoms with van der Waals surface area (Å²) in [6.45, 7) is 1.67. The van der Waals surface area contributed by atoms with Gasteiger partial charge < -0.3 is 20.5 Å². The second-order valence-corrected chi connectivity index (χ2v) is 4.64. The quantitative estimate of drug-likeness (QED) is 0.666. The predicted octanol–water partition coefficient (Wildman–Crippen LogP) is -0.524. The normalized spacial score (nSPS) is 35.4. The van der Waals surface area contributed by atoms with E-state index < -0.39 is 0 Å². The third kappa shape index (κ3) is 2.53. The fourth-order valence-corrected chi connectivity index (χ4v) is 2.42. The molecule has 92 valence electrons. The number of nitrogens with two attached hydrogens (primary N) is 1. The van der Waals surface area contributed by atoms with Crippen molar-refractivity contribution in [2.45, 2.75) is 44.0 Å². The lowest BCUT2D eigenvalue weighted by Crippen LogP contribution is -2.46. The van der Waals surface area contributed by atoms with Crippen LogP contribution >= 0.6 is 0 Å². The fourth-order valence-electron chi connectivity index (χ4n) is 2.42. The summed E-state index contributed by atoms with van der Waals surface area (Å²) in [5.41, 5.74) is 5.51. The number of rotatable bonds is 2. The Labute approximate surface area is 95.5 Å². The molecule has 2 aliphatic rings. The lowest BCUT2D eigenvalue weighted by atomic mass is 10.1. The van der Waals surface area contributed by atoms with Gasteiger partial charge in [0.1, 0.15) is 6.10 Å². The molecule has 0 spiro atoms. The maximum absolute atomic E-state index is 12.1. The number of likely N-dealkylation sites (tertiary alicyclic amines) is 1. The molecule has 0 aromatic carbocycles. The number of ether oxygens (including phenoxy) is 1. The van der Waals surface area contributed by atoms with Gasteiger partial charge in [0, 0.05) is 19.6 Å². The Hall–Kier alpha value is -0.650. The molecule has 2 rings (SSSR count). The molecular formula is C11H20N2O3. The van der Waals surface area contributed by atoms with E-state index in [0.29, 0.717) is 13.1 Å². The Balaban J connectivity index is 1.87. The highest BCUT2D eigenvalue weighted by Crippen LogP contribution is 2.22. The van der Waals surface area contributed by atoms with Crippen molar-refractivity contribution in [1.82, 2.24) is 4.90 Å². The van der Waals surface area contributed by atoms with Crippen LogP contribution in [0.25, 0.3) is 0 Å². The van der Waals surface area contributed by atoms with Gasteiger partial charge in [-0.25, -0.2) is 0 Å². The number of carbonyl (C=O) groups excluding carboxylic acids is 1. The first-order valence-corrected chi connectivity index (χ1v) is 6.03. The highest BCUT2D eigenvalue weighted by atomic mass is 16.5. The van der Waals surface area contributed by atoms with Crippen LogP contribution in [-0.4, -0.2) is 53.9 Å². The van der Waals surface area contributed by atoms with E-state index in [2.05, 4.69) is 0 Å². The summed E-state index contributed by atoms with van der Waals surface area (Å²) in [7, 11) is 0. The van der Waals surface area contributed by atoms with E-state index in [1.165, 1.54) is 0 Å². The second-order valence-electron chi connectivity index (χ2n) is 4.64. The molecule has 0 aliphatic carbocycles. The summed E-state index contributed by atoms with van der Waals surface area (Å²) in [5.74, 6) is 0.0229. The SMILES string of the molecule is NCC1CCC(C(=O)N2CCC[C@H](O)C2)O1. The van der Waals surface area contributed by atoms with Crippen molar-refractivity contribution in [3.05, 3.63) is 0 Å². The lowest BCUT2D eigenvalue weighted by molar-refractivity contribution is -0.145. The first kappa shape index (κ1) is 11.8. The van der Waals surface area contributed by atoms with Gasteiger partial charge in [0.15, 0.2) is 0 Å². The molecule has 2 saturated heterocycles.